The number of carboxylic acid groups (broad SMARTS) is 1. The fourth-order valence-corrected chi connectivity index (χ4v) is 3.82. The molecule has 1 aromatic rings. The third-order valence-electron chi connectivity index (χ3n) is 5.35. The first-order valence-corrected chi connectivity index (χ1v) is 13.1. The van der Waals surface area contributed by atoms with E-state index in [1.165, 1.54) is 11.8 Å². The van der Waals surface area contributed by atoms with E-state index in [1.807, 2.05) is 76.1 Å². The molecule has 0 aliphatic heterocycles. The van der Waals surface area contributed by atoms with Gasteiger partial charge >= 0.3 is 12.1 Å². The number of carbonyl (C=O) groups is 3. The highest BCUT2D eigenvalue weighted by Crippen LogP contribution is 2.14. The summed E-state index contributed by atoms with van der Waals surface area (Å²) in [5.74, 6) is -0.617. The molecule has 0 aliphatic rings. The van der Waals surface area contributed by atoms with Crippen LogP contribution in [0.1, 0.15) is 53.0 Å². The number of hydrogen-bond acceptors (Lipinski definition) is 6. The van der Waals surface area contributed by atoms with Gasteiger partial charge in [0.1, 0.15) is 11.6 Å². The molecule has 1 rings (SSSR count). The Morgan fingerprint density at radius 3 is 2.32 bits per heavy atom. The van der Waals surface area contributed by atoms with Crippen molar-refractivity contribution in [3.05, 3.63) is 35.9 Å². The number of benzene rings is 1. The smallest absolute Gasteiger partial charge is 0.407 e. The topological polar surface area (TPSA) is 108 Å². The SMILES string of the molecule is CCC(C)C(CN(CC(=O)NC(CCSC)C(=O)O)Cc1ccccc1)NC(=O)OC(C)(C)C. The summed E-state index contributed by atoms with van der Waals surface area (Å²) in [6, 6.07) is 8.57. The second-order valence-corrected chi connectivity index (χ2v) is 10.5. The lowest BCUT2D eigenvalue weighted by Crippen LogP contribution is -2.51. The Balaban J connectivity index is 3.00. The molecule has 3 atom stereocenters. The molecule has 0 saturated heterocycles. The molecule has 2 amide bonds. The van der Waals surface area contributed by atoms with E-state index in [0.29, 0.717) is 25.3 Å². The molecular weight excluding hydrogens is 454 g/mol. The Bertz CT molecular complexity index is 770. The summed E-state index contributed by atoms with van der Waals surface area (Å²) in [7, 11) is 0. The summed E-state index contributed by atoms with van der Waals surface area (Å²) in [4.78, 5) is 38.8. The number of rotatable bonds is 14. The fraction of sp³-hybridized carbons (Fsp3) is 0.640. The molecule has 0 heterocycles. The van der Waals surface area contributed by atoms with E-state index in [9.17, 15) is 19.5 Å². The van der Waals surface area contributed by atoms with Gasteiger partial charge < -0.3 is 20.5 Å². The number of nitrogens with one attached hydrogen (secondary N) is 2. The van der Waals surface area contributed by atoms with Crippen molar-refractivity contribution in [3.8, 4) is 0 Å². The Labute approximate surface area is 208 Å². The molecule has 0 bridgehead atoms. The number of ether oxygens (including phenoxy) is 1. The monoisotopic (exact) mass is 495 g/mol. The largest absolute Gasteiger partial charge is 0.480 e. The first-order chi connectivity index (χ1) is 15.9. The van der Waals surface area contributed by atoms with Crippen molar-refractivity contribution in [2.45, 2.75) is 71.7 Å². The predicted molar refractivity (Wildman–Crippen MR) is 137 cm³/mol. The molecule has 0 aliphatic carbocycles. The molecule has 0 saturated carbocycles. The van der Waals surface area contributed by atoms with Gasteiger partial charge in [-0.25, -0.2) is 9.59 Å². The van der Waals surface area contributed by atoms with Gasteiger partial charge in [-0.3, -0.25) is 9.69 Å². The van der Waals surface area contributed by atoms with Crippen LogP contribution in [0.4, 0.5) is 4.79 Å². The highest BCUT2D eigenvalue weighted by Gasteiger charge is 2.27. The zero-order valence-corrected chi connectivity index (χ0v) is 22.1. The van der Waals surface area contributed by atoms with Crippen molar-refractivity contribution in [1.29, 1.82) is 0 Å². The minimum Gasteiger partial charge on any atom is -0.480 e. The van der Waals surface area contributed by atoms with Gasteiger partial charge in [0.2, 0.25) is 5.91 Å². The Morgan fingerprint density at radius 2 is 1.79 bits per heavy atom. The third kappa shape index (κ3) is 12.3. The number of nitrogens with zero attached hydrogens (tertiary/aromatic N) is 1. The normalized spacial score (nSPS) is 14.2. The lowest BCUT2D eigenvalue weighted by molar-refractivity contribution is -0.142. The minimum absolute atomic E-state index is 0.0148. The molecule has 34 heavy (non-hydrogen) atoms. The van der Waals surface area contributed by atoms with Gasteiger partial charge in [0.05, 0.1) is 6.54 Å². The van der Waals surface area contributed by atoms with Crippen LogP contribution in [0.2, 0.25) is 0 Å². The van der Waals surface area contributed by atoms with Crippen LogP contribution in [0.25, 0.3) is 0 Å². The Hall–Kier alpha value is -2.26. The number of aliphatic carboxylic acids is 1. The van der Waals surface area contributed by atoms with Crippen LogP contribution in [-0.2, 0) is 20.9 Å². The average molecular weight is 496 g/mol. The maximum absolute atomic E-state index is 12.8. The molecule has 0 fully saturated rings. The lowest BCUT2D eigenvalue weighted by Gasteiger charge is -2.32. The summed E-state index contributed by atoms with van der Waals surface area (Å²) in [5.41, 5.74) is 0.406. The maximum atomic E-state index is 12.8. The third-order valence-corrected chi connectivity index (χ3v) is 5.99. The first kappa shape index (κ1) is 29.8. The second kappa shape index (κ2) is 14.9. The quantitative estimate of drug-likeness (QED) is 0.361. The second-order valence-electron chi connectivity index (χ2n) is 9.53. The number of thioether (sulfide) groups is 1. The van der Waals surface area contributed by atoms with E-state index < -0.39 is 23.7 Å². The highest BCUT2D eigenvalue weighted by atomic mass is 32.2. The van der Waals surface area contributed by atoms with Gasteiger partial charge in [-0.05, 0) is 50.7 Å². The van der Waals surface area contributed by atoms with Crippen molar-refractivity contribution < 1.29 is 24.2 Å². The van der Waals surface area contributed by atoms with Crippen LogP contribution in [0.15, 0.2) is 30.3 Å². The highest BCUT2D eigenvalue weighted by molar-refractivity contribution is 7.98. The standard InChI is InChI=1S/C25H41N3O5S/c1-7-18(2)21(27-24(32)33-25(3,4)5)16-28(15-19-11-9-8-10-12-19)17-22(29)26-20(23(30)31)13-14-34-6/h8-12,18,20-21H,7,13-17H2,1-6H3,(H,26,29)(H,27,32)(H,30,31). The van der Waals surface area contributed by atoms with E-state index in [1.54, 1.807) is 0 Å². The van der Waals surface area contributed by atoms with Crippen LogP contribution in [0.5, 0.6) is 0 Å². The molecule has 192 valence electrons. The van der Waals surface area contributed by atoms with Crippen molar-refractivity contribution in [2.24, 2.45) is 5.92 Å². The van der Waals surface area contributed by atoms with Crippen molar-refractivity contribution in [1.82, 2.24) is 15.5 Å². The van der Waals surface area contributed by atoms with E-state index >= 15 is 0 Å². The van der Waals surface area contributed by atoms with Crippen LogP contribution in [0, 0.1) is 5.92 Å². The van der Waals surface area contributed by atoms with Gasteiger partial charge in [0.25, 0.3) is 0 Å². The molecule has 8 nitrogen and oxygen atoms in total. The van der Waals surface area contributed by atoms with Crippen LogP contribution < -0.4 is 10.6 Å². The van der Waals surface area contributed by atoms with E-state index in [4.69, 9.17) is 4.74 Å². The van der Waals surface area contributed by atoms with Crippen molar-refractivity contribution >= 4 is 29.7 Å². The zero-order valence-electron chi connectivity index (χ0n) is 21.3. The maximum Gasteiger partial charge on any atom is 0.407 e. The van der Waals surface area contributed by atoms with Gasteiger partial charge in [-0.15, -0.1) is 0 Å². The molecule has 1 aromatic carbocycles. The molecule has 9 heteroatoms. The number of alkyl carbamates (subject to hydrolysis) is 1. The van der Waals surface area contributed by atoms with E-state index in [0.717, 1.165) is 12.0 Å². The summed E-state index contributed by atoms with van der Waals surface area (Å²) in [5, 5.41) is 15.1. The van der Waals surface area contributed by atoms with Crippen LogP contribution >= 0.6 is 11.8 Å². The van der Waals surface area contributed by atoms with Crippen molar-refractivity contribution in [2.75, 3.05) is 25.1 Å². The Kier molecular flexibility index (Phi) is 13.0. The van der Waals surface area contributed by atoms with Gasteiger partial charge in [0, 0.05) is 19.1 Å². The molecule has 3 N–H and O–H groups in total. The van der Waals surface area contributed by atoms with Crippen molar-refractivity contribution in [3.63, 3.8) is 0 Å². The van der Waals surface area contributed by atoms with Crippen LogP contribution in [0.3, 0.4) is 0 Å². The zero-order chi connectivity index (χ0) is 25.7. The van der Waals surface area contributed by atoms with Crippen LogP contribution in [-0.4, -0.2) is 70.8 Å². The van der Waals surface area contributed by atoms with Gasteiger partial charge in [-0.2, -0.15) is 11.8 Å². The number of amides is 2. The number of carboxylic acids is 1. The average Bonchev–Trinajstić information content (AvgIpc) is 2.74. The summed E-state index contributed by atoms with van der Waals surface area (Å²) >= 11 is 1.54. The summed E-state index contributed by atoms with van der Waals surface area (Å²) in [6.07, 6.45) is 2.60. The van der Waals surface area contributed by atoms with Gasteiger partial charge in [-0.1, -0.05) is 50.6 Å². The van der Waals surface area contributed by atoms with E-state index in [-0.39, 0.29) is 24.4 Å². The molecule has 0 aromatic heterocycles. The number of hydrogen-bond donors (Lipinski definition) is 3. The molecule has 3 unspecified atom stereocenters. The Morgan fingerprint density at radius 1 is 1.15 bits per heavy atom. The lowest BCUT2D eigenvalue weighted by atomic mass is 9.98. The fourth-order valence-electron chi connectivity index (χ4n) is 3.35. The summed E-state index contributed by atoms with van der Waals surface area (Å²) in [6.45, 7) is 10.4. The predicted octanol–water partition coefficient (Wildman–Crippen LogP) is 3.75. The first-order valence-electron chi connectivity index (χ1n) is 11.7. The minimum atomic E-state index is -1.04. The molecule has 0 radical (unpaired) electrons. The number of carbonyl (C=O) groups excluding carboxylic acids is 2. The van der Waals surface area contributed by atoms with E-state index in [2.05, 4.69) is 10.6 Å². The molecular formula is C25H41N3O5S. The van der Waals surface area contributed by atoms with Gasteiger partial charge in [0.15, 0.2) is 0 Å². The summed E-state index contributed by atoms with van der Waals surface area (Å²) < 4.78 is 5.45. The molecule has 0 spiro atoms.